The highest BCUT2D eigenvalue weighted by Gasteiger charge is 2.26. The van der Waals surface area contributed by atoms with Crippen molar-refractivity contribution in [3.8, 4) is 45.9 Å². The van der Waals surface area contributed by atoms with Gasteiger partial charge >= 0.3 is 0 Å². The molecule has 0 spiro atoms. The summed E-state index contributed by atoms with van der Waals surface area (Å²) in [4.78, 5) is 21.1. The minimum atomic E-state index is 0.509. The molecule has 0 N–H and O–H groups in total. The molecule has 7 heteroatoms. The van der Waals surface area contributed by atoms with Gasteiger partial charge in [0.15, 0.2) is 17.2 Å². The molecule has 62 heavy (non-hydrogen) atoms. The van der Waals surface area contributed by atoms with Crippen LogP contribution >= 0.6 is 0 Å². The van der Waals surface area contributed by atoms with Gasteiger partial charge in [-0.05, 0) is 70.9 Å². The van der Waals surface area contributed by atoms with Gasteiger partial charge in [0.05, 0.1) is 27.9 Å². The first-order chi connectivity index (χ1) is 30.7. The second-order valence-electron chi connectivity index (χ2n) is 15.4. The van der Waals surface area contributed by atoms with E-state index < -0.39 is 0 Å². The SMILES string of the molecule is C=Cc1c(/C=C\C)c2ccc3c4ccccc4n(-c4nc(-c5ccc6ccccc6c5)nc(-c5cccc6ccccc56)n4)c3c2n1-c1cccc2nc(-c3ccccc3)oc12. The van der Waals surface area contributed by atoms with Crippen LogP contribution in [0.2, 0.25) is 0 Å². The Balaban J connectivity index is 1.22. The molecule has 12 aromatic rings. The molecule has 0 saturated heterocycles. The van der Waals surface area contributed by atoms with E-state index in [0.29, 0.717) is 29.1 Å². The van der Waals surface area contributed by atoms with Crippen molar-refractivity contribution >= 4 is 77.5 Å². The molecule has 0 radical (unpaired) electrons. The Bertz CT molecular complexity index is 3790. The number of fused-ring (bicyclic) bond motifs is 8. The van der Waals surface area contributed by atoms with Crippen LogP contribution in [-0.2, 0) is 0 Å². The second kappa shape index (κ2) is 14.1. The third kappa shape index (κ3) is 5.45. The van der Waals surface area contributed by atoms with E-state index in [4.69, 9.17) is 24.4 Å². The maximum atomic E-state index is 6.71. The van der Waals surface area contributed by atoms with Crippen molar-refractivity contribution in [3.05, 3.63) is 194 Å². The number of hydrogen-bond acceptors (Lipinski definition) is 5. The van der Waals surface area contributed by atoms with Gasteiger partial charge in [-0.25, -0.2) is 9.97 Å². The van der Waals surface area contributed by atoms with Gasteiger partial charge < -0.3 is 8.98 Å². The first-order valence-corrected chi connectivity index (χ1v) is 20.7. The van der Waals surface area contributed by atoms with Gasteiger partial charge in [0.1, 0.15) is 5.52 Å². The average Bonchev–Trinajstić information content (AvgIpc) is 4.02. The maximum absolute atomic E-state index is 6.71. The second-order valence-corrected chi connectivity index (χ2v) is 15.4. The van der Waals surface area contributed by atoms with Gasteiger partial charge in [-0.2, -0.15) is 9.97 Å². The molecule has 0 atom stereocenters. The summed E-state index contributed by atoms with van der Waals surface area (Å²) in [5.41, 5.74) is 9.88. The fourth-order valence-electron chi connectivity index (χ4n) is 9.14. The summed E-state index contributed by atoms with van der Waals surface area (Å²) >= 11 is 0. The first kappa shape index (κ1) is 35.5. The standard InChI is InChI=1S/C55H36N6O/c1-3-16-40-42-31-32-43-41-24-12-13-27-47(41)61(50(43)49(42)60(46(40)4-2)48-28-15-26-45-51(48)62-54(56-45)36-19-6-5-7-20-36)55-58-52(38-30-29-34-17-8-9-21-37(34)33-38)57-53(59-55)44-25-14-22-35-18-10-11-23-39(35)44/h3-33H,2H2,1H3/b16-3-. The fraction of sp³-hybridized carbons (Fsp3) is 0.0182. The lowest BCUT2D eigenvalue weighted by atomic mass is 10.0. The molecule has 0 saturated carbocycles. The molecule has 12 rings (SSSR count). The number of para-hydroxylation sites is 2. The number of hydrogen-bond donors (Lipinski definition) is 0. The van der Waals surface area contributed by atoms with Gasteiger partial charge in [-0.15, -0.1) is 0 Å². The predicted octanol–water partition coefficient (Wildman–Crippen LogP) is 14.0. The van der Waals surface area contributed by atoms with Crippen molar-refractivity contribution in [1.82, 2.24) is 29.1 Å². The summed E-state index contributed by atoms with van der Waals surface area (Å²) in [5.74, 6) is 2.24. The zero-order valence-electron chi connectivity index (χ0n) is 33.7. The Morgan fingerprint density at radius 3 is 2.10 bits per heavy atom. The topological polar surface area (TPSA) is 74.6 Å². The fourth-order valence-corrected chi connectivity index (χ4v) is 9.14. The van der Waals surface area contributed by atoms with Crippen LogP contribution in [0.1, 0.15) is 18.2 Å². The molecule has 0 bridgehead atoms. The van der Waals surface area contributed by atoms with Crippen molar-refractivity contribution in [2.45, 2.75) is 6.92 Å². The van der Waals surface area contributed by atoms with E-state index in [1.54, 1.807) is 0 Å². The number of aromatic nitrogens is 6. The number of allylic oxidation sites excluding steroid dienone is 1. The predicted molar refractivity (Wildman–Crippen MR) is 255 cm³/mol. The Kier molecular flexibility index (Phi) is 8.08. The molecule has 0 aliphatic carbocycles. The third-order valence-corrected chi connectivity index (χ3v) is 11.9. The number of benzene rings is 8. The zero-order valence-corrected chi connectivity index (χ0v) is 33.7. The summed E-state index contributed by atoms with van der Waals surface area (Å²) in [7, 11) is 0. The molecular formula is C55H36N6O. The normalized spacial score (nSPS) is 12.0. The summed E-state index contributed by atoms with van der Waals surface area (Å²) in [6, 6.07) is 58.5. The van der Waals surface area contributed by atoms with Gasteiger partial charge in [0.2, 0.25) is 11.8 Å². The van der Waals surface area contributed by atoms with Gasteiger partial charge in [0, 0.05) is 38.4 Å². The molecule has 292 valence electrons. The van der Waals surface area contributed by atoms with E-state index in [1.807, 2.05) is 55.5 Å². The van der Waals surface area contributed by atoms with E-state index in [9.17, 15) is 0 Å². The Labute approximate surface area is 356 Å². The van der Waals surface area contributed by atoms with E-state index in [1.165, 1.54) is 0 Å². The molecule has 8 aromatic carbocycles. The summed E-state index contributed by atoms with van der Waals surface area (Å²) in [5, 5.41) is 7.63. The molecule has 0 unspecified atom stereocenters. The van der Waals surface area contributed by atoms with Gasteiger partial charge in [0.25, 0.3) is 0 Å². The molecule has 0 aliphatic heterocycles. The van der Waals surface area contributed by atoms with Crippen LogP contribution in [0.3, 0.4) is 0 Å². The monoisotopic (exact) mass is 796 g/mol. The molecule has 4 heterocycles. The van der Waals surface area contributed by atoms with Crippen molar-refractivity contribution < 1.29 is 4.42 Å². The van der Waals surface area contributed by atoms with E-state index in [-0.39, 0.29) is 0 Å². The third-order valence-electron chi connectivity index (χ3n) is 11.9. The Morgan fingerprint density at radius 2 is 1.24 bits per heavy atom. The van der Waals surface area contributed by atoms with Crippen LogP contribution in [0.4, 0.5) is 0 Å². The Hall–Kier alpha value is -8.42. The minimum absolute atomic E-state index is 0.509. The largest absolute Gasteiger partial charge is 0.434 e. The molecular weight excluding hydrogens is 761 g/mol. The number of nitrogens with zero attached hydrogens (tertiary/aromatic N) is 6. The Morgan fingerprint density at radius 1 is 0.532 bits per heavy atom. The lowest BCUT2D eigenvalue weighted by Crippen LogP contribution is -2.07. The maximum Gasteiger partial charge on any atom is 0.238 e. The van der Waals surface area contributed by atoms with E-state index in [0.717, 1.165) is 93.4 Å². The summed E-state index contributed by atoms with van der Waals surface area (Å²) < 4.78 is 11.2. The van der Waals surface area contributed by atoms with Crippen LogP contribution in [0.15, 0.2) is 187 Å². The molecule has 0 aliphatic rings. The highest BCUT2D eigenvalue weighted by Crippen LogP contribution is 2.43. The van der Waals surface area contributed by atoms with Crippen LogP contribution < -0.4 is 0 Å². The quantitative estimate of drug-likeness (QED) is 0.161. The molecule has 0 amide bonds. The highest BCUT2D eigenvalue weighted by atomic mass is 16.3. The number of oxazole rings is 1. The minimum Gasteiger partial charge on any atom is -0.434 e. The van der Waals surface area contributed by atoms with E-state index in [2.05, 4.69) is 155 Å². The van der Waals surface area contributed by atoms with Crippen molar-refractivity contribution in [2.75, 3.05) is 0 Å². The lowest BCUT2D eigenvalue weighted by molar-refractivity contribution is 0.617. The molecule has 0 fully saturated rings. The first-order valence-electron chi connectivity index (χ1n) is 20.7. The average molecular weight is 797 g/mol. The van der Waals surface area contributed by atoms with Crippen molar-refractivity contribution in [3.63, 3.8) is 0 Å². The van der Waals surface area contributed by atoms with Crippen LogP contribution in [0.5, 0.6) is 0 Å². The van der Waals surface area contributed by atoms with Crippen LogP contribution in [0, 0.1) is 0 Å². The van der Waals surface area contributed by atoms with E-state index >= 15 is 0 Å². The van der Waals surface area contributed by atoms with Gasteiger partial charge in [-0.1, -0.05) is 152 Å². The van der Waals surface area contributed by atoms with Crippen LogP contribution in [0.25, 0.3) is 123 Å². The lowest BCUT2D eigenvalue weighted by Gasteiger charge is -2.14. The molecule has 4 aromatic heterocycles. The van der Waals surface area contributed by atoms with Crippen molar-refractivity contribution in [2.24, 2.45) is 0 Å². The zero-order chi connectivity index (χ0) is 41.3. The smallest absolute Gasteiger partial charge is 0.238 e. The highest BCUT2D eigenvalue weighted by molar-refractivity contribution is 6.20. The summed E-state index contributed by atoms with van der Waals surface area (Å²) in [6.07, 6.45) is 6.16. The van der Waals surface area contributed by atoms with Crippen LogP contribution in [-0.4, -0.2) is 29.1 Å². The van der Waals surface area contributed by atoms with Crippen molar-refractivity contribution in [1.29, 1.82) is 0 Å². The summed E-state index contributed by atoms with van der Waals surface area (Å²) in [6.45, 7) is 6.43. The molecule has 7 nitrogen and oxygen atoms in total. The van der Waals surface area contributed by atoms with Gasteiger partial charge in [-0.3, -0.25) is 4.57 Å². The number of rotatable bonds is 7.